The standard InChI is InChI=1S/C25H35N3O3/c1-18-8-7-9-22(19(18)2)27-24(30)17-28(14-15-31-6)16-23(29)26-21-12-10-20(11-13-21)25(3,4)5/h7-13H,14-17H2,1-6H3,(H,26,29)(H,27,30)/p+1. The van der Waals surface area contributed by atoms with Gasteiger partial charge >= 0.3 is 0 Å². The first kappa shape index (κ1) is 24.6. The number of hydrogen-bond donors (Lipinski definition) is 3. The largest absolute Gasteiger partial charge is 0.379 e. The molecule has 2 amide bonds. The third kappa shape index (κ3) is 7.81. The second-order valence-electron chi connectivity index (χ2n) is 9.02. The van der Waals surface area contributed by atoms with Crippen LogP contribution in [0.15, 0.2) is 42.5 Å². The van der Waals surface area contributed by atoms with Crippen LogP contribution in [0.25, 0.3) is 0 Å². The number of quaternary nitrogens is 1. The molecule has 3 N–H and O–H groups in total. The van der Waals surface area contributed by atoms with Crippen molar-refractivity contribution < 1.29 is 19.2 Å². The summed E-state index contributed by atoms with van der Waals surface area (Å²) >= 11 is 0. The van der Waals surface area contributed by atoms with Gasteiger partial charge in [0.25, 0.3) is 11.8 Å². The van der Waals surface area contributed by atoms with E-state index in [1.54, 1.807) is 7.11 Å². The van der Waals surface area contributed by atoms with Crippen molar-refractivity contribution in [3.05, 3.63) is 59.2 Å². The van der Waals surface area contributed by atoms with Crippen LogP contribution >= 0.6 is 0 Å². The van der Waals surface area contributed by atoms with Crippen molar-refractivity contribution in [2.45, 2.75) is 40.0 Å². The lowest BCUT2D eigenvalue weighted by Crippen LogP contribution is -3.14. The fourth-order valence-corrected chi connectivity index (χ4v) is 3.28. The van der Waals surface area contributed by atoms with E-state index < -0.39 is 0 Å². The highest BCUT2D eigenvalue weighted by Gasteiger charge is 2.19. The Bertz CT molecular complexity index is 886. The van der Waals surface area contributed by atoms with E-state index in [9.17, 15) is 9.59 Å². The van der Waals surface area contributed by atoms with E-state index in [0.717, 1.165) is 27.4 Å². The number of benzene rings is 2. The maximum absolute atomic E-state index is 12.6. The molecule has 0 aliphatic rings. The second kappa shape index (κ2) is 11.1. The van der Waals surface area contributed by atoms with Crippen molar-refractivity contribution in [1.29, 1.82) is 0 Å². The Morgan fingerprint density at radius 3 is 2.13 bits per heavy atom. The summed E-state index contributed by atoms with van der Waals surface area (Å²) in [4.78, 5) is 26.1. The molecule has 0 heterocycles. The van der Waals surface area contributed by atoms with Gasteiger partial charge in [0.1, 0.15) is 6.54 Å². The van der Waals surface area contributed by atoms with E-state index in [0.29, 0.717) is 13.2 Å². The molecule has 0 saturated carbocycles. The van der Waals surface area contributed by atoms with Crippen molar-refractivity contribution in [2.24, 2.45) is 0 Å². The molecule has 1 unspecified atom stereocenters. The first-order valence-electron chi connectivity index (χ1n) is 10.7. The van der Waals surface area contributed by atoms with Crippen molar-refractivity contribution in [2.75, 3.05) is 44.0 Å². The molecule has 0 bridgehead atoms. The monoisotopic (exact) mass is 426 g/mol. The van der Waals surface area contributed by atoms with E-state index in [2.05, 4.69) is 31.4 Å². The van der Waals surface area contributed by atoms with Gasteiger partial charge in [0.2, 0.25) is 0 Å². The molecule has 2 rings (SSSR count). The van der Waals surface area contributed by atoms with Crippen LogP contribution in [0.1, 0.15) is 37.5 Å². The van der Waals surface area contributed by atoms with Crippen LogP contribution in [-0.4, -0.2) is 45.2 Å². The molecule has 0 fully saturated rings. The van der Waals surface area contributed by atoms with Crippen LogP contribution in [0.3, 0.4) is 0 Å². The Morgan fingerprint density at radius 2 is 1.55 bits per heavy atom. The third-order valence-electron chi connectivity index (χ3n) is 5.39. The van der Waals surface area contributed by atoms with Gasteiger partial charge in [-0.1, -0.05) is 45.0 Å². The number of ether oxygens (including phenoxy) is 1. The summed E-state index contributed by atoms with van der Waals surface area (Å²) in [7, 11) is 1.62. The van der Waals surface area contributed by atoms with E-state index in [1.165, 1.54) is 5.56 Å². The minimum Gasteiger partial charge on any atom is -0.379 e. The highest BCUT2D eigenvalue weighted by atomic mass is 16.5. The van der Waals surface area contributed by atoms with Gasteiger partial charge in [-0.3, -0.25) is 9.59 Å². The fourth-order valence-electron chi connectivity index (χ4n) is 3.28. The lowest BCUT2D eigenvalue weighted by Gasteiger charge is -2.20. The Hall–Kier alpha value is -2.70. The van der Waals surface area contributed by atoms with Gasteiger partial charge in [-0.25, -0.2) is 0 Å². The van der Waals surface area contributed by atoms with Crippen LogP contribution in [-0.2, 0) is 19.7 Å². The van der Waals surface area contributed by atoms with Crippen molar-refractivity contribution >= 4 is 23.2 Å². The molecule has 0 spiro atoms. The van der Waals surface area contributed by atoms with Crippen LogP contribution in [0.4, 0.5) is 11.4 Å². The molecule has 31 heavy (non-hydrogen) atoms. The molecular formula is C25H36N3O3+. The number of hydrogen-bond acceptors (Lipinski definition) is 3. The first-order valence-corrected chi connectivity index (χ1v) is 10.7. The van der Waals surface area contributed by atoms with Gasteiger partial charge in [-0.15, -0.1) is 0 Å². The second-order valence-corrected chi connectivity index (χ2v) is 9.02. The maximum Gasteiger partial charge on any atom is 0.279 e. The van der Waals surface area contributed by atoms with Gasteiger partial charge < -0.3 is 20.3 Å². The van der Waals surface area contributed by atoms with Gasteiger partial charge in [-0.05, 0) is 54.2 Å². The Morgan fingerprint density at radius 1 is 0.935 bits per heavy atom. The van der Waals surface area contributed by atoms with E-state index in [-0.39, 0.29) is 30.3 Å². The van der Waals surface area contributed by atoms with Crippen LogP contribution in [0, 0.1) is 13.8 Å². The van der Waals surface area contributed by atoms with Gasteiger partial charge in [0.05, 0.1) is 6.61 Å². The van der Waals surface area contributed by atoms with Crippen molar-refractivity contribution in [3.8, 4) is 0 Å². The molecule has 2 aromatic rings. The molecule has 0 radical (unpaired) electrons. The van der Waals surface area contributed by atoms with E-state index >= 15 is 0 Å². The number of carbonyl (C=O) groups is 2. The average molecular weight is 427 g/mol. The lowest BCUT2D eigenvalue weighted by atomic mass is 9.87. The number of carbonyl (C=O) groups excluding carboxylic acids is 2. The number of amides is 2. The zero-order valence-corrected chi connectivity index (χ0v) is 19.6. The van der Waals surface area contributed by atoms with E-state index in [1.807, 2.05) is 56.3 Å². The molecule has 6 nitrogen and oxygen atoms in total. The molecule has 0 aliphatic heterocycles. The summed E-state index contributed by atoms with van der Waals surface area (Å²) in [5.74, 6) is -0.253. The summed E-state index contributed by atoms with van der Waals surface area (Å²) < 4.78 is 5.17. The van der Waals surface area contributed by atoms with Crippen molar-refractivity contribution in [3.63, 3.8) is 0 Å². The molecule has 0 aliphatic carbocycles. The molecule has 168 valence electrons. The molecule has 0 aromatic heterocycles. The smallest absolute Gasteiger partial charge is 0.279 e. The minimum atomic E-state index is -0.130. The summed E-state index contributed by atoms with van der Waals surface area (Å²) in [6.45, 7) is 11.9. The molecular weight excluding hydrogens is 390 g/mol. The molecule has 2 aromatic carbocycles. The Labute approximate surface area is 186 Å². The average Bonchev–Trinajstić information content (AvgIpc) is 2.69. The zero-order chi connectivity index (χ0) is 23.0. The van der Waals surface area contributed by atoms with Gasteiger partial charge in [-0.2, -0.15) is 0 Å². The number of anilines is 2. The SMILES string of the molecule is COCC[NH+](CC(=O)Nc1ccc(C(C)(C)C)cc1)CC(=O)Nc1cccc(C)c1C. The maximum atomic E-state index is 12.6. The third-order valence-corrected chi connectivity index (χ3v) is 5.39. The fraction of sp³-hybridized carbons (Fsp3) is 0.440. The number of aryl methyl sites for hydroxylation is 1. The van der Waals surface area contributed by atoms with E-state index in [4.69, 9.17) is 4.74 Å². The zero-order valence-electron chi connectivity index (χ0n) is 19.6. The molecule has 6 heteroatoms. The summed E-state index contributed by atoms with van der Waals surface area (Å²) in [5, 5.41) is 5.90. The molecule has 0 saturated heterocycles. The number of rotatable bonds is 9. The summed E-state index contributed by atoms with van der Waals surface area (Å²) in [6.07, 6.45) is 0. The first-order chi connectivity index (χ1) is 14.6. The number of nitrogens with one attached hydrogen (secondary N) is 3. The van der Waals surface area contributed by atoms with Crippen LogP contribution in [0.5, 0.6) is 0 Å². The normalized spacial score (nSPS) is 12.3. The topological polar surface area (TPSA) is 71.9 Å². The van der Waals surface area contributed by atoms with Gasteiger partial charge in [0, 0.05) is 18.5 Å². The van der Waals surface area contributed by atoms with Crippen LogP contribution in [0.2, 0.25) is 0 Å². The van der Waals surface area contributed by atoms with Gasteiger partial charge in [0.15, 0.2) is 13.1 Å². The highest BCUT2D eigenvalue weighted by molar-refractivity contribution is 5.93. The Balaban J connectivity index is 1.97. The highest BCUT2D eigenvalue weighted by Crippen LogP contribution is 2.23. The lowest BCUT2D eigenvalue weighted by molar-refractivity contribution is -0.883. The minimum absolute atomic E-state index is 0.0622. The predicted octanol–water partition coefficient (Wildman–Crippen LogP) is 2.71. The predicted molar refractivity (Wildman–Crippen MR) is 126 cm³/mol. The Kier molecular flexibility index (Phi) is 8.77. The number of methoxy groups -OCH3 is 1. The molecule has 1 atom stereocenters. The van der Waals surface area contributed by atoms with Crippen molar-refractivity contribution in [1.82, 2.24) is 0 Å². The summed E-state index contributed by atoms with van der Waals surface area (Å²) in [6, 6.07) is 13.7. The summed E-state index contributed by atoms with van der Waals surface area (Å²) in [5.41, 5.74) is 5.00. The van der Waals surface area contributed by atoms with Crippen LogP contribution < -0.4 is 15.5 Å². The quantitative estimate of drug-likeness (QED) is 0.577.